The number of likely N-dealkylation sites (N-methyl/N-ethyl adjacent to an activating group) is 2. The van der Waals surface area contributed by atoms with Gasteiger partial charge in [0.25, 0.3) is 0 Å². The first kappa shape index (κ1) is 15.2. The molecule has 0 spiro atoms. The fraction of sp³-hybridized carbons (Fsp3) is 0.350. The number of fused-ring (bicyclic) bond motifs is 3. The van der Waals surface area contributed by atoms with Gasteiger partial charge in [-0.3, -0.25) is 9.69 Å². The number of ether oxygens (including phenoxy) is 1. The molecular formula is C20H22N2O2. The number of hydrogen-bond donors (Lipinski definition) is 0. The zero-order valence-electron chi connectivity index (χ0n) is 14.1. The van der Waals surface area contributed by atoms with Crippen LogP contribution in [-0.2, 0) is 11.2 Å². The van der Waals surface area contributed by atoms with Crippen molar-refractivity contribution < 1.29 is 9.53 Å². The Labute approximate surface area is 142 Å². The van der Waals surface area contributed by atoms with Crippen LogP contribution in [0.3, 0.4) is 0 Å². The second-order valence-corrected chi connectivity index (χ2v) is 6.76. The normalized spacial score (nSPS) is 22.3. The van der Waals surface area contributed by atoms with Gasteiger partial charge in [0.15, 0.2) is 0 Å². The van der Waals surface area contributed by atoms with Crippen LogP contribution in [0.2, 0.25) is 0 Å². The lowest BCUT2D eigenvalue weighted by Gasteiger charge is -2.28. The minimum Gasteiger partial charge on any atom is -0.426 e. The molecule has 2 unspecified atom stereocenters. The molecule has 0 bridgehead atoms. The lowest BCUT2D eigenvalue weighted by molar-refractivity contribution is -0.133. The Morgan fingerprint density at radius 2 is 1.96 bits per heavy atom. The molecule has 2 atom stereocenters. The summed E-state index contributed by atoms with van der Waals surface area (Å²) in [5, 5.41) is 0. The van der Waals surface area contributed by atoms with Crippen molar-refractivity contribution in [1.82, 2.24) is 4.90 Å². The van der Waals surface area contributed by atoms with Crippen LogP contribution >= 0.6 is 0 Å². The Morgan fingerprint density at radius 1 is 1.17 bits per heavy atom. The quantitative estimate of drug-likeness (QED) is 0.642. The molecule has 0 saturated carbocycles. The van der Waals surface area contributed by atoms with E-state index in [2.05, 4.69) is 36.0 Å². The van der Waals surface area contributed by atoms with Crippen LogP contribution in [0.25, 0.3) is 0 Å². The van der Waals surface area contributed by atoms with Gasteiger partial charge in [0, 0.05) is 25.2 Å². The predicted molar refractivity (Wildman–Crippen MR) is 94.4 cm³/mol. The maximum absolute atomic E-state index is 12.2. The van der Waals surface area contributed by atoms with Gasteiger partial charge in [-0.15, -0.1) is 0 Å². The zero-order chi connectivity index (χ0) is 16.7. The monoisotopic (exact) mass is 322 g/mol. The molecule has 0 amide bonds. The average Bonchev–Trinajstić information content (AvgIpc) is 3.08. The van der Waals surface area contributed by atoms with Gasteiger partial charge in [-0.25, -0.2) is 0 Å². The maximum atomic E-state index is 12.2. The topological polar surface area (TPSA) is 32.8 Å². The summed E-state index contributed by atoms with van der Waals surface area (Å²) in [5.74, 6) is 0.939. The van der Waals surface area contributed by atoms with Crippen molar-refractivity contribution in [2.45, 2.75) is 24.9 Å². The first-order valence-electron chi connectivity index (χ1n) is 8.45. The number of carbonyl (C=O) groups excluding carboxylic acids is 1. The molecule has 4 heteroatoms. The largest absolute Gasteiger partial charge is 0.426 e. The van der Waals surface area contributed by atoms with Crippen LogP contribution in [0.1, 0.15) is 23.5 Å². The van der Waals surface area contributed by atoms with Crippen molar-refractivity contribution in [3.63, 3.8) is 0 Å². The zero-order valence-corrected chi connectivity index (χ0v) is 14.1. The van der Waals surface area contributed by atoms with E-state index in [0.717, 1.165) is 18.5 Å². The summed E-state index contributed by atoms with van der Waals surface area (Å²) in [6.45, 7) is 1.11. The van der Waals surface area contributed by atoms with Gasteiger partial charge in [-0.1, -0.05) is 30.3 Å². The summed E-state index contributed by atoms with van der Waals surface area (Å²) >= 11 is 0. The predicted octanol–water partition coefficient (Wildman–Crippen LogP) is 3.03. The van der Waals surface area contributed by atoms with Gasteiger partial charge in [0.1, 0.15) is 5.75 Å². The van der Waals surface area contributed by atoms with Gasteiger partial charge >= 0.3 is 5.97 Å². The van der Waals surface area contributed by atoms with Gasteiger partial charge < -0.3 is 9.64 Å². The van der Waals surface area contributed by atoms with E-state index in [-0.39, 0.29) is 5.97 Å². The van der Waals surface area contributed by atoms with Crippen molar-refractivity contribution in [3.8, 4) is 5.75 Å². The lowest BCUT2D eigenvalue weighted by atomic mass is 9.98. The Morgan fingerprint density at radius 3 is 2.75 bits per heavy atom. The highest BCUT2D eigenvalue weighted by molar-refractivity contribution is 5.76. The highest BCUT2D eigenvalue weighted by Gasteiger charge is 2.43. The maximum Gasteiger partial charge on any atom is 0.315 e. The highest BCUT2D eigenvalue weighted by Crippen LogP contribution is 2.47. The molecule has 2 aromatic rings. The van der Waals surface area contributed by atoms with Crippen molar-refractivity contribution >= 4 is 11.7 Å². The molecule has 0 N–H and O–H groups in total. The van der Waals surface area contributed by atoms with Crippen molar-refractivity contribution in [2.75, 3.05) is 25.5 Å². The second-order valence-electron chi connectivity index (χ2n) is 6.76. The van der Waals surface area contributed by atoms with Crippen molar-refractivity contribution in [3.05, 3.63) is 59.7 Å². The summed E-state index contributed by atoms with van der Waals surface area (Å²) in [7, 11) is 4.32. The molecule has 2 aliphatic rings. The Kier molecular flexibility index (Phi) is 3.77. The van der Waals surface area contributed by atoms with Gasteiger partial charge in [-0.2, -0.15) is 0 Å². The molecule has 1 fully saturated rings. The van der Waals surface area contributed by atoms with Gasteiger partial charge in [0.05, 0.1) is 12.6 Å². The van der Waals surface area contributed by atoms with Crippen LogP contribution in [-0.4, -0.2) is 37.7 Å². The van der Waals surface area contributed by atoms with Crippen LogP contribution in [0.15, 0.2) is 48.5 Å². The molecular weight excluding hydrogens is 300 g/mol. The number of carbonyl (C=O) groups is 1. The van der Waals surface area contributed by atoms with E-state index in [9.17, 15) is 4.79 Å². The van der Waals surface area contributed by atoms with E-state index in [1.54, 1.807) is 0 Å². The summed E-state index contributed by atoms with van der Waals surface area (Å²) in [6, 6.07) is 15.7. The molecule has 0 radical (unpaired) electrons. The van der Waals surface area contributed by atoms with Gasteiger partial charge in [0.2, 0.25) is 0 Å². The minimum atomic E-state index is -0.215. The van der Waals surface area contributed by atoms with Gasteiger partial charge in [-0.05, 0) is 42.8 Å². The molecule has 2 aliphatic heterocycles. The number of likely N-dealkylation sites (tertiary alicyclic amines) is 1. The van der Waals surface area contributed by atoms with E-state index in [1.807, 2.05) is 36.4 Å². The number of anilines is 1. The second kappa shape index (κ2) is 5.95. The van der Waals surface area contributed by atoms with Crippen molar-refractivity contribution in [2.24, 2.45) is 0 Å². The molecule has 24 heavy (non-hydrogen) atoms. The Balaban J connectivity index is 1.51. The molecule has 0 aliphatic carbocycles. The van der Waals surface area contributed by atoms with Crippen LogP contribution in [0.5, 0.6) is 5.75 Å². The number of benzene rings is 2. The Bertz CT molecular complexity index is 759. The smallest absolute Gasteiger partial charge is 0.315 e. The first-order valence-corrected chi connectivity index (χ1v) is 8.45. The summed E-state index contributed by atoms with van der Waals surface area (Å²) in [4.78, 5) is 16.9. The lowest BCUT2D eigenvalue weighted by Crippen LogP contribution is -2.39. The van der Waals surface area contributed by atoms with E-state index in [4.69, 9.17) is 4.74 Å². The van der Waals surface area contributed by atoms with E-state index in [0.29, 0.717) is 24.3 Å². The number of rotatable bonds is 3. The molecule has 4 rings (SSSR count). The van der Waals surface area contributed by atoms with Crippen molar-refractivity contribution in [1.29, 1.82) is 0 Å². The molecule has 2 heterocycles. The fourth-order valence-electron chi connectivity index (χ4n) is 4.10. The summed E-state index contributed by atoms with van der Waals surface area (Å²) in [6.07, 6.45) is 1.88. The van der Waals surface area contributed by atoms with Crippen LogP contribution in [0.4, 0.5) is 5.69 Å². The Hall–Kier alpha value is -2.33. The van der Waals surface area contributed by atoms with E-state index >= 15 is 0 Å². The summed E-state index contributed by atoms with van der Waals surface area (Å²) in [5.41, 5.74) is 3.53. The fourth-order valence-corrected chi connectivity index (χ4v) is 4.10. The SMILES string of the molecule is CN1CCC2c3cc(OC(=O)Cc4ccccc4)ccc3N(C)C21. The molecule has 1 saturated heterocycles. The third-order valence-corrected chi connectivity index (χ3v) is 5.20. The third-order valence-electron chi connectivity index (χ3n) is 5.20. The van der Waals surface area contributed by atoms with Crippen LogP contribution < -0.4 is 9.64 Å². The third kappa shape index (κ3) is 2.57. The average molecular weight is 322 g/mol. The van der Waals surface area contributed by atoms with Crippen LogP contribution in [0, 0.1) is 0 Å². The molecule has 2 aromatic carbocycles. The minimum absolute atomic E-state index is 0.215. The number of esters is 1. The highest BCUT2D eigenvalue weighted by atomic mass is 16.5. The number of hydrogen-bond acceptors (Lipinski definition) is 4. The first-order chi connectivity index (χ1) is 11.6. The molecule has 4 nitrogen and oxygen atoms in total. The molecule has 0 aromatic heterocycles. The summed E-state index contributed by atoms with van der Waals surface area (Å²) < 4.78 is 5.58. The van der Waals surface area contributed by atoms with E-state index in [1.165, 1.54) is 11.3 Å². The number of nitrogens with zero attached hydrogens (tertiary/aromatic N) is 2. The molecule has 124 valence electrons. The van der Waals surface area contributed by atoms with E-state index < -0.39 is 0 Å². The standard InChI is InChI=1S/C20H22N2O2/c1-21-11-10-16-17-13-15(8-9-18(17)22(2)20(16)21)24-19(23)12-14-6-4-3-5-7-14/h3-9,13,16,20H,10-12H2,1-2H3.